The summed E-state index contributed by atoms with van der Waals surface area (Å²) in [5.41, 5.74) is -14.6. The summed E-state index contributed by atoms with van der Waals surface area (Å²) in [7, 11) is 0. The number of ether oxygens (including phenoxy) is 2. The average Bonchev–Trinajstić information content (AvgIpc) is 3.08. The molecule has 2 aliphatic carbocycles. The summed E-state index contributed by atoms with van der Waals surface area (Å²) in [5.74, 6) is -47.9. The number of benzene rings is 2. The molecule has 2 aromatic carbocycles. The molecule has 22 heteroatoms. The van der Waals surface area contributed by atoms with Crippen LogP contribution in [0.5, 0.6) is 5.75 Å². The molecule has 0 aliphatic heterocycles. The molecule has 51 heavy (non-hydrogen) atoms. The molecule has 4 rings (SSSR count). The Balaban J connectivity index is 0.00000702. The number of halogens is 18. The number of rotatable bonds is 9. The molecule has 2 aromatic rings. The standard InChI is InChI=1S/C29H14BF18O2.Li/c1-3-49-4-5-50-29-27(47)19(39)10(20(40)28(29)48)30(7-13(33)11(31)6(2)12(32)14(7)34,8-15(35)21(41)25(45)22(42)16(8)36)9-17(37)23(43)26(46)24(44)18(9)38;/h3,11,13,15,21H,1,4-5H2,2H3;/q-1;+1. The van der Waals surface area contributed by atoms with Gasteiger partial charge in [0, 0.05) is 5.57 Å². The second-order valence-electron chi connectivity index (χ2n) is 10.5. The summed E-state index contributed by atoms with van der Waals surface area (Å²) in [6.45, 7) is 1.52. The molecule has 2 nitrogen and oxygen atoms in total. The van der Waals surface area contributed by atoms with E-state index in [0.717, 1.165) is 0 Å². The minimum absolute atomic E-state index is 0. The third-order valence-corrected chi connectivity index (χ3v) is 8.08. The zero-order valence-electron chi connectivity index (χ0n) is 25.2. The van der Waals surface area contributed by atoms with E-state index in [4.69, 9.17) is 0 Å². The van der Waals surface area contributed by atoms with E-state index in [2.05, 4.69) is 16.1 Å². The number of hydrogen-bond acceptors (Lipinski definition) is 2. The molecule has 5 unspecified atom stereocenters. The van der Waals surface area contributed by atoms with E-state index in [1.807, 2.05) is 0 Å². The summed E-state index contributed by atoms with van der Waals surface area (Å²) in [6.07, 6.45) is -23.3. The molecule has 0 amide bonds. The maximum atomic E-state index is 16.2. The Morgan fingerprint density at radius 1 is 0.529 bits per heavy atom. The quantitative estimate of drug-likeness (QED) is 0.0861. The first-order valence-corrected chi connectivity index (χ1v) is 13.4. The van der Waals surface area contributed by atoms with E-state index in [9.17, 15) is 26.3 Å². The summed E-state index contributed by atoms with van der Waals surface area (Å²) in [4.78, 5) is 0. The van der Waals surface area contributed by atoms with Gasteiger partial charge in [-0.25, -0.2) is 70.2 Å². The minimum atomic E-state index is -6.89. The molecule has 0 bridgehead atoms. The SMILES string of the molecule is C=COCCOc1c(F)c(F)c([B-](C2=C(F)C(F)=C(C)C(F)C2F)(C2=C(F)C(F)=C(F)C(F)C2F)c2c(F)c(F)c(F)c(F)c2F)c(F)c1F.[Li+]. The van der Waals surface area contributed by atoms with Gasteiger partial charge in [-0.1, -0.05) is 6.58 Å². The third-order valence-electron chi connectivity index (χ3n) is 8.08. The zero-order valence-corrected chi connectivity index (χ0v) is 25.2. The van der Waals surface area contributed by atoms with Gasteiger partial charge >= 0.3 is 18.9 Å². The van der Waals surface area contributed by atoms with Crippen LogP contribution in [0.25, 0.3) is 0 Å². The third kappa shape index (κ3) is 6.03. The fourth-order valence-electron chi connectivity index (χ4n) is 5.88. The second-order valence-corrected chi connectivity index (χ2v) is 10.5. The van der Waals surface area contributed by atoms with Crippen LogP contribution in [0.3, 0.4) is 0 Å². The first kappa shape index (κ1) is 41.6. The van der Waals surface area contributed by atoms with Crippen molar-refractivity contribution < 1.29 is 107 Å². The fraction of sp³-hybridized carbons (Fsp3) is 0.241. The molecule has 5 atom stereocenters. The first-order chi connectivity index (χ1) is 23.2. The number of hydrogen-bond donors (Lipinski definition) is 0. The van der Waals surface area contributed by atoms with Crippen molar-refractivity contribution in [3.8, 4) is 5.75 Å². The molecule has 0 heterocycles. The van der Waals surface area contributed by atoms with E-state index in [1.165, 1.54) is 0 Å². The maximum absolute atomic E-state index is 16.2. The molecular weight excluding hydrogens is 740 g/mol. The van der Waals surface area contributed by atoms with Crippen molar-refractivity contribution in [3.05, 3.63) is 111 Å². The van der Waals surface area contributed by atoms with Gasteiger partial charge in [0.25, 0.3) is 0 Å². The molecule has 0 saturated carbocycles. The van der Waals surface area contributed by atoms with Crippen molar-refractivity contribution in [2.75, 3.05) is 13.2 Å². The van der Waals surface area contributed by atoms with Crippen molar-refractivity contribution in [3.63, 3.8) is 0 Å². The molecule has 0 N–H and O–H groups in total. The first-order valence-electron chi connectivity index (χ1n) is 13.4. The Morgan fingerprint density at radius 3 is 1.37 bits per heavy atom. The van der Waals surface area contributed by atoms with Crippen LogP contribution in [0.2, 0.25) is 0 Å². The molecule has 272 valence electrons. The van der Waals surface area contributed by atoms with E-state index in [-0.39, 0.29) is 25.8 Å². The molecule has 0 radical (unpaired) electrons. The Bertz CT molecular complexity index is 1810. The summed E-state index contributed by atoms with van der Waals surface area (Å²) in [5, 5.41) is 0. The monoisotopic (exact) mass is 754 g/mol. The van der Waals surface area contributed by atoms with Crippen LogP contribution < -0.4 is 34.5 Å². The number of alkyl halides is 4. The van der Waals surface area contributed by atoms with Crippen molar-refractivity contribution in [2.45, 2.75) is 31.6 Å². The molecule has 0 aromatic heterocycles. The van der Waals surface area contributed by atoms with E-state index >= 15 is 52.7 Å². The van der Waals surface area contributed by atoms with E-state index in [0.29, 0.717) is 6.26 Å². The smallest absolute Gasteiger partial charge is 0.498 e. The Morgan fingerprint density at radius 2 is 0.922 bits per heavy atom. The van der Waals surface area contributed by atoms with Crippen LogP contribution in [0.4, 0.5) is 79.0 Å². The predicted molar refractivity (Wildman–Crippen MR) is 138 cm³/mol. The Hall–Kier alpha value is -3.86. The molecule has 2 aliphatic rings. The molecule has 0 fully saturated rings. The van der Waals surface area contributed by atoms with Gasteiger partial charge in [0.15, 0.2) is 53.0 Å². The Kier molecular flexibility index (Phi) is 12.2. The number of allylic oxidation sites excluding steroid dienone is 8. The van der Waals surface area contributed by atoms with Gasteiger partial charge in [-0.15, -0.1) is 21.9 Å². The van der Waals surface area contributed by atoms with Gasteiger partial charge in [0.1, 0.15) is 66.6 Å². The summed E-state index contributed by atoms with van der Waals surface area (Å²) >= 11 is 0. The normalized spacial score (nSPS) is 22.3. The van der Waals surface area contributed by atoms with Crippen LogP contribution in [-0.4, -0.2) is 44.0 Å². The second kappa shape index (κ2) is 15.0. The average molecular weight is 754 g/mol. The van der Waals surface area contributed by atoms with Crippen molar-refractivity contribution in [1.82, 2.24) is 0 Å². The fourth-order valence-corrected chi connectivity index (χ4v) is 5.88. The van der Waals surface area contributed by atoms with E-state index in [1.54, 1.807) is 0 Å². The van der Waals surface area contributed by atoms with Gasteiger partial charge in [0.2, 0.25) is 11.6 Å². The van der Waals surface area contributed by atoms with Gasteiger partial charge in [-0.2, -0.15) is 8.78 Å². The largest absolute Gasteiger partial charge is 1.00 e. The van der Waals surface area contributed by atoms with Crippen LogP contribution >= 0.6 is 0 Å². The predicted octanol–water partition coefficient (Wildman–Crippen LogP) is 5.34. The van der Waals surface area contributed by atoms with Crippen molar-refractivity contribution in [1.29, 1.82) is 0 Å². The van der Waals surface area contributed by atoms with E-state index < -0.39 is 159 Å². The van der Waals surface area contributed by atoms with Gasteiger partial charge in [0.05, 0.1) is 6.26 Å². The van der Waals surface area contributed by atoms with Crippen molar-refractivity contribution in [2.24, 2.45) is 0 Å². The van der Waals surface area contributed by atoms with Crippen LogP contribution in [-0.2, 0) is 4.74 Å². The van der Waals surface area contributed by atoms with Gasteiger partial charge < -0.3 is 9.47 Å². The minimum Gasteiger partial charge on any atom is -0.498 e. The van der Waals surface area contributed by atoms with Crippen LogP contribution in [0.1, 0.15) is 6.92 Å². The van der Waals surface area contributed by atoms with Crippen LogP contribution in [0.15, 0.2) is 58.5 Å². The zero-order chi connectivity index (χ0) is 37.9. The van der Waals surface area contributed by atoms with Gasteiger partial charge in [-0.05, 0) is 6.92 Å². The maximum Gasteiger partial charge on any atom is 1.00 e. The molecular formula is C29H14BF18LiO2. The van der Waals surface area contributed by atoms with Gasteiger partial charge in [-0.3, -0.25) is 0 Å². The molecule has 0 saturated heterocycles. The summed E-state index contributed by atoms with van der Waals surface area (Å²) in [6, 6.07) is 0. The molecule has 0 spiro atoms. The topological polar surface area (TPSA) is 18.5 Å². The Labute approximate surface area is 285 Å². The van der Waals surface area contributed by atoms with Crippen molar-refractivity contribution >= 4 is 17.1 Å². The summed E-state index contributed by atoms with van der Waals surface area (Å²) < 4.78 is 285. The van der Waals surface area contributed by atoms with Crippen LogP contribution in [0, 0.1) is 52.4 Å².